The van der Waals surface area contributed by atoms with Crippen molar-refractivity contribution in [2.24, 2.45) is 0 Å². The van der Waals surface area contributed by atoms with Gasteiger partial charge in [-0.25, -0.2) is 15.0 Å². The lowest BCUT2D eigenvalue weighted by atomic mass is 10.1. The number of nitrogens with zero attached hydrogens (tertiary/aromatic N) is 3. The summed E-state index contributed by atoms with van der Waals surface area (Å²) in [7, 11) is 0. The van der Waals surface area contributed by atoms with Crippen LogP contribution < -0.4 is 10.6 Å². The van der Waals surface area contributed by atoms with Crippen LogP contribution in [0, 0.1) is 0 Å². The van der Waals surface area contributed by atoms with E-state index in [9.17, 15) is 9.59 Å². The maximum absolute atomic E-state index is 12.3. The van der Waals surface area contributed by atoms with Crippen LogP contribution in [0.25, 0.3) is 33.7 Å². The Bertz CT molecular complexity index is 1510. The van der Waals surface area contributed by atoms with E-state index >= 15 is 0 Å². The first kappa shape index (κ1) is 21.4. The van der Waals surface area contributed by atoms with E-state index in [-0.39, 0.29) is 17.6 Å². The third kappa shape index (κ3) is 4.37. The quantitative estimate of drug-likeness (QED) is 0.325. The summed E-state index contributed by atoms with van der Waals surface area (Å²) in [6.45, 7) is 1.43. The summed E-state index contributed by atoms with van der Waals surface area (Å²) in [4.78, 5) is 40.0. The summed E-state index contributed by atoms with van der Waals surface area (Å²) in [6.07, 6.45) is 4.79. The van der Waals surface area contributed by atoms with Gasteiger partial charge in [-0.15, -0.1) is 0 Å². The van der Waals surface area contributed by atoms with Crippen molar-refractivity contribution in [3.8, 4) is 22.5 Å². The van der Waals surface area contributed by atoms with E-state index in [4.69, 9.17) is 16.0 Å². The maximum Gasteiger partial charge on any atom is 0.291 e. The van der Waals surface area contributed by atoms with E-state index in [1.807, 2.05) is 12.1 Å². The number of anilines is 2. The molecule has 1 aromatic carbocycles. The van der Waals surface area contributed by atoms with Crippen molar-refractivity contribution >= 4 is 46.1 Å². The fourth-order valence-corrected chi connectivity index (χ4v) is 3.60. The predicted molar refractivity (Wildman–Crippen MR) is 129 cm³/mol. The van der Waals surface area contributed by atoms with E-state index in [0.29, 0.717) is 39.1 Å². The van der Waals surface area contributed by atoms with E-state index in [2.05, 4.69) is 30.6 Å². The molecule has 0 bridgehead atoms. The van der Waals surface area contributed by atoms with Gasteiger partial charge in [0, 0.05) is 41.7 Å². The molecule has 3 N–H and O–H groups in total. The van der Waals surface area contributed by atoms with Gasteiger partial charge in [-0.1, -0.05) is 11.6 Å². The number of imidazole rings is 1. The molecular weight excluding hydrogens is 456 g/mol. The summed E-state index contributed by atoms with van der Waals surface area (Å²) in [6, 6.07) is 13.8. The summed E-state index contributed by atoms with van der Waals surface area (Å²) < 4.78 is 5.13. The molecule has 168 valence electrons. The number of H-pyrrole nitrogens is 1. The normalized spacial score (nSPS) is 10.9. The van der Waals surface area contributed by atoms with Crippen molar-refractivity contribution in [1.82, 2.24) is 19.9 Å². The van der Waals surface area contributed by atoms with Crippen molar-refractivity contribution in [3.63, 3.8) is 0 Å². The van der Waals surface area contributed by atoms with Gasteiger partial charge in [-0.2, -0.15) is 0 Å². The Morgan fingerprint density at radius 1 is 1.00 bits per heavy atom. The zero-order valence-corrected chi connectivity index (χ0v) is 18.6. The number of furan rings is 1. The molecule has 0 saturated heterocycles. The molecule has 0 aliphatic rings. The number of carbonyl (C=O) groups excluding carboxylic acids is 2. The van der Waals surface area contributed by atoms with Gasteiger partial charge in [0.05, 0.1) is 16.8 Å². The molecule has 0 fully saturated rings. The highest BCUT2D eigenvalue weighted by Gasteiger charge is 2.14. The van der Waals surface area contributed by atoms with Gasteiger partial charge in [0.15, 0.2) is 11.4 Å². The average Bonchev–Trinajstić information content (AvgIpc) is 3.50. The molecule has 4 heterocycles. The van der Waals surface area contributed by atoms with E-state index in [0.717, 1.165) is 11.1 Å². The Hall–Kier alpha value is -4.50. The average molecular weight is 473 g/mol. The number of hydrogen-bond acceptors (Lipinski definition) is 6. The van der Waals surface area contributed by atoms with Crippen LogP contribution in [0.2, 0.25) is 5.02 Å². The molecule has 0 aliphatic carbocycles. The number of hydrogen-bond donors (Lipinski definition) is 3. The zero-order chi connectivity index (χ0) is 23.7. The maximum atomic E-state index is 12.3. The van der Waals surface area contributed by atoms with Crippen molar-refractivity contribution in [2.75, 3.05) is 10.6 Å². The van der Waals surface area contributed by atoms with Gasteiger partial charge in [0.1, 0.15) is 11.6 Å². The Labute approximate surface area is 198 Å². The van der Waals surface area contributed by atoms with Gasteiger partial charge < -0.3 is 20.0 Å². The topological polar surface area (TPSA) is 126 Å². The first-order chi connectivity index (χ1) is 16.5. The number of fused-ring (bicyclic) bond motifs is 1. The standard InChI is InChI=1S/C24H17ClN6O3/c1-13(32)28-21-7-4-14(11-26-21)15-9-19-23(27-12-15)31-22(30-19)17-10-16(5-6-18(17)25)29-24(33)20-3-2-8-34-20/h2-12H,1H3,(H,29,33)(H,26,28,32)(H,27,30,31). The molecule has 10 heteroatoms. The minimum absolute atomic E-state index is 0.184. The molecule has 34 heavy (non-hydrogen) atoms. The van der Waals surface area contributed by atoms with Crippen LogP contribution in [0.15, 0.2) is 71.6 Å². The molecule has 5 rings (SSSR count). The number of amides is 2. The first-order valence-corrected chi connectivity index (χ1v) is 10.6. The molecule has 9 nitrogen and oxygen atoms in total. The highest BCUT2D eigenvalue weighted by Crippen LogP contribution is 2.31. The smallest absolute Gasteiger partial charge is 0.291 e. The van der Waals surface area contributed by atoms with Crippen LogP contribution in [-0.4, -0.2) is 31.8 Å². The first-order valence-electron chi connectivity index (χ1n) is 10.2. The van der Waals surface area contributed by atoms with Gasteiger partial charge >= 0.3 is 0 Å². The molecule has 0 unspecified atom stereocenters. The van der Waals surface area contributed by atoms with Gasteiger partial charge in [0.25, 0.3) is 5.91 Å². The second-order valence-corrected chi connectivity index (χ2v) is 7.83. The molecule has 5 aromatic rings. The second kappa shape index (κ2) is 8.80. The van der Waals surface area contributed by atoms with E-state index in [1.54, 1.807) is 48.8 Å². The molecule has 0 radical (unpaired) electrons. The third-order valence-corrected chi connectivity index (χ3v) is 5.29. The highest BCUT2D eigenvalue weighted by atomic mass is 35.5. The van der Waals surface area contributed by atoms with Crippen LogP contribution in [-0.2, 0) is 4.79 Å². The van der Waals surface area contributed by atoms with Gasteiger partial charge in [-0.05, 0) is 48.5 Å². The molecule has 0 saturated carbocycles. The SMILES string of the molecule is CC(=O)Nc1ccc(-c2cnc3nc(-c4cc(NC(=O)c5ccco5)ccc4Cl)[nH]c3c2)cn1. The lowest BCUT2D eigenvalue weighted by molar-refractivity contribution is -0.114. The molecule has 2 amide bonds. The van der Waals surface area contributed by atoms with Crippen molar-refractivity contribution in [2.45, 2.75) is 6.92 Å². The van der Waals surface area contributed by atoms with Crippen LogP contribution in [0.5, 0.6) is 0 Å². The van der Waals surface area contributed by atoms with E-state index in [1.165, 1.54) is 13.2 Å². The summed E-state index contributed by atoms with van der Waals surface area (Å²) in [5.41, 5.74) is 4.04. The van der Waals surface area contributed by atoms with Crippen LogP contribution in [0.1, 0.15) is 17.5 Å². The Morgan fingerprint density at radius 2 is 1.85 bits per heavy atom. The fourth-order valence-electron chi connectivity index (χ4n) is 3.39. The Kier molecular flexibility index (Phi) is 5.52. The van der Waals surface area contributed by atoms with Crippen LogP contribution in [0.3, 0.4) is 0 Å². The predicted octanol–water partition coefficient (Wildman–Crippen LogP) is 5.14. The Morgan fingerprint density at radius 3 is 2.59 bits per heavy atom. The fraction of sp³-hybridized carbons (Fsp3) is 0.0417. The zero-order valence-electron chi connectivity index (χ0n) is 17.8. The van der Waals surface area contributed by atoms with Crippen LogP contribution in [0.4, 0.5) is 11.5 Å². The highest BCUT2D eigenvalue weighted by molar-refractivity contribution is 6.33. The van der Waals surface area contributed by atoms with Gasteiger partial charge in [-0.3, -0.25) is 9.59 Å². The lowest BCUT2D eigenvalue weighted by Crippen LogP contribution is -2.10. The number of aromatic amines is 1. The monoisotopic (exact) mass is 472 g/mol. The second-order valence-electron chi connectivity index (χ2n) is 7.42. The summed E-state index contributed by atoms with van der Waals surface area (Å²) in [5.74, 6) is 0.640. The van der Waals surface area contributed by atoms with E-state index < -0.39 is 0 Å². The van der Waals surface area contributed by atoms with Crippen LogP contribution >= 0.6 is 11.6 Å². The van der Waals surface area contributed by atoms with Crippen molar-refractivity contribution in [1.29, 1.82) is 0 Å². The molecule has 0 aliphatic heterocycles. The molecule has 0 atom stereocenters. The van der Waals surface area contributed by atoms with Crippen molar-refractivity contribution in [3.05, 3.63) is 78.0 Å². The number of halogens is 1. The third-order valence-electron chi connectivity index (χ3n) is 4.96. The molecule has 4 aromatic heterocycles. The number of carbonyl (C=O) groups is 2. The van der Waals surface area contributed by atoms with Gasteiger partial charge in [0.2, 0.25) is 5.91 Å². The minimum atomic E-state index is -0.368. The molecular formula is C24H17ClN6O3. The number of pyridine rings is 2. The number of rotatable bonds is 5. The van der Waals surface area contributed by atoms with Crippen molar-refractivity contribution < 1.29 is 14.0 Å². The number of nitrogens with one attached hydrogen (secondary N) is 3. The Balaban J connectivity index is 1.43. The lowest BCUT2D eigenvalue weighted by Gasteiger charge is -2.07. The number of benzene rings is 1. The minimum Gasteiger partial charge on any atom is -0.459 e. The summed E-state index contributed by atoms with van der Waals surface area (Å²) in [5, 5.41) is 5.88. The largest absolute Gasteiger partial charge is 0.459 e. The summed E-state index contributed by atoms with van der Waals surface area (Å²) >= 11 is 6.42. The number of aromatic nitrogens is 4. The molecule has 0 spiro atoms.